The number of carboxylic acids is 1. The number of aliphatic carboxylic acids is 1. The number of benzene rings is 1. The molecule has 1 aromatic carbocycles. The fourth-order valence-electron chi connectivity index (χ4n) is 1.37. The summed E-state index contributed by atoms with van der Waals surface area (Å²) in [6.45, 7) is 0. The molecule has 3 nitrogen and oxygen atoms in total. The highest BCUT2D eigenvalue weighted by atomic mass is 127. The molecule has 0 amide bonds. The maximum Gasteiger partial charge on any atom is 0.304 e. The molecular weight excluding hydrogens is 305 g/mol. The molecule has 0 bridgehead atoms. The third-order valence-corrected chi connectivity index (χ3v) is 3.23. The molecule has 0 saturated heterocycles. The zero-order valence-electron chi connectivity index (χ0n) is 8.32. The molecule has 1 atom stereocenters. The summed E-state index contributed by atoms with van der Waals surface area (Å²) in [6, 6.07) is 7.81. The van der Waals surface area contributed by atoms with Crippen molar-refractivity contribution in [3.63, 3.8) is 0 Å². The molecule has 3 N–H and O–H groups in total. The van der Waals surface area contributed by atoms with Gasteiger partial charge in [-0.2, -0.15) is 0 Å². The summed E-state index contributed by atoms with van der Waals surface area (Å²) in [6.07, 6.45) is 1.60. The molecule has 0 spiro atoms. The summed E-state index contributed by atoms with van der Waals surface area (Å²) in [5.41, 5.74) is 6.92. The van der Waals surface area contributed by atoms with Crippen molar-refractivity contribution in [2.24, 2.45) is 5.73 Å². The minimum atomic E-state index is -0.828. The molecule has 0 aliphatic heterocycles. The highest BCUT2D eigenvalue weighted by Gasteiger charge is 2.08. The fourth-order valence-corrected chi connectivity index (χ4v) is 2.03. The fraction of sp³-hybridized carbons (Fsp3) is 0.364. The van der Waals surface area contributed by atoms with Crippen LogP contribution in [-0.4, -0.2) is 17.1 Å². The first-order valence-electron chi connectivity index (χ1n) is 4.80. The molecule has 1 rings (SSSR count). The average molecular weight is 319 g/mol. The van der Waals surface area contributed by atoms with Crippen molar-refractivity contribution in [1.29, 1.82) is 0 Å². The Kier molecular flexibility index (Phi) is 5.04. The number of carbonyl (C=O) groups is 1. The summed E-state index contributed by atoms with van der Waals surface area (Å²) >= 11 is 2.28. The molecule has 0 saturated carbocycles. The van der Waals surface area contributed by atoms with E-state index in [9.17, 15) is 4.79 Å². The number of halogens is 1. The highest BCUT2D eigenvalue weighted by Crippen LogP contribution is 2.14. The predicted molar refractivity (Wildman–Crippen MR) is 67.7 cm³/mol. The van der Waals surface area contributed by atoms with Crippen molar-refractivity contribution >= 4 is 28.6 Å². The molecule has 4 heteroatoms. The summed E-state index contributed by atoms with van der Waals surface area (Å²) in [7, 11) is 0. The smallest absolute Gasteiger partial charge is 0.304 e. The zero-order valence-corrected chi connectivity index (χ0v) is 10.5. The van der Waals surface area contributed by atoms with E-state index >= 15 is 0 Å². The molecule has 0 radical (unpaired) electrons. The van der Waals surface area contributed by atoms with Crippen molar-refractivity contribution in [2.45, 2.75) is 25.3 Å². The number of nitrogens with two attached hydrogens (primary N) is 1. The van der Waals surface area contributed by atoms with Gasteiger partial charge in [0.2, 0.25) is 0 Å². The summed E-state index contributed by atoms with van der Waals surface area (Å²) in [5.74, 6) is -0.828. The molecule has 0 heterocycles. The van der Waals surface area contributed by atoms with Gasteiger partial charge < -0.3 is 10.8 Å². The number of hydrogen-bond acceptors (Lipinski definition) is 2. The molecule has 1 unspecified atom stereocenters. The average Bonchev–Trinajstić information content (AvgIpc) is 2.15. The third-order valence-electron chi connectivity index (χ3n) is 2.18. The van der Waals surface area contributed by atoms with Crippen LogP contribution in [0, 0.1) is 3.57 Å². The second kappa shape index (κ2) is 6.07. The standard InChI is InChI=1S/C11H14INO2/c12-10-4-2-1-3-8(10)5-6-9(13)7-11(14)15/h1-4,9H,5-7,13H2,(H,14,15). The van der Waals surface area contributed by atoms with Gasteiger partial charge in [-0.15, -0.1) is 0 Å². The van der Waals surface area contributed by atoms with E-state index in [1.165, 1.54) is 9.13 Å². The van der Waals surface area contributed by atoms with Crippen molar-refractivity contribution in [1.82, 2.24) is 0 Å². The number of carboxylic acid groups (broad SMARTS) is 1. The molecule has 82 valence electrons. The molecular formula is C11H14INO2. The minimum Gasteiger partial charge on any atom is -0.481 e. The van der Waals surface area contributed by atoms with Gasteiger partial charge >= 0.3 is 5.97 Å². The van der Waals surface area contributed by atoms with Gasteiger partial charge in [0, 0.05) is 9.61 Å². The Morgan fingerprint density at radius 2 is 2.13 bits per heavy atom. The van der Waals surface area contributed by atoms with Gasteiger partial charge in [-0.05, 0) is 47.1 Å². The molecule has 0 aromatic heterocycles. The van der Waals surface area contributed by atoms with E-state index in [0.29, 0.717) is 6.42 Å². The Balaban J connectivity index is 2.43. The van der Waals surface area contributed by atoms with Crippen LogP contribution in [0.15, 0.2) is 24.3 Å². The SMILES string of the molecule is NC(CCc1ccccc1I)CC(=O)O. The Morgan fingerprint density at radius 3 is 2.73 bits per heavy atom. The van der Waals surface area contributed by atoms with Crippen molar-refractivity contribution in [3.05, 3.63) is 33.4 Å². The van der Waals surface area contributed by atoms with Crippen molar-refractivity contribution in [2.75, 3.05) is 0 Å². The Hall–Kier alpha value is -0.620. The summed E-state index contributed by atoms with van der Waals surface area (Å²) in [4.78, 5) is 10.4. The lowest BCUT2D eigenvalue weighted by Crippen LogP contribution is -2.24. The van der Waals surface area contributed by atoms with Crippen LogP contribution < -0.4 is 5.73 Å². The molecule has 0 fully saturated rings. The largest absolute Gasteiger partial charge is 0.481 e. The Bertz CT molecular complexity index is 341. The maximum absolute atomic E-state index is 10.4. The lowest BCUT2D eigenvalue weighted by atomic mass is 10.0. The quantitative estimate of drug-likeness (QED) is 0.816. The monoisotopic (exact) mass is 319 g/mol. The topological polar surface area (TPSA) is 63.3 Å². The third kappa shape index (κ3) is 4.61. The number of aryl methyl sites for hydroxylation is 1. The maximum atomic E-state index is 10.4. The minimum absolute atomic E-state index is 0.0451. The second-order valence-corrected chi connectivity index (χ2v) is 4.65. The van der Waals surface area contributed by atoms with Gasteiger partial charge in [0.1, 0.15) is 0 Å². The van der Waals surface area contributed by atoms with Gasteiger partial charge in [-0.25, -0.2) is 0 Å². The first-order valence-corrected chi connectivity index (χ1v) is 5.88. The summed E-state index contributed by atoms with van der Waals surface area (Å²) < 4.78 is 1.21. The van der Waals surface area contributed by atoms with Gasteiger partial charge in [-0.3, -0.25) is 4.79 Å². The van der Waals surface area contributed by atoms with Crippen molar-refractivity contribution in [3.8, 4) is 0 Å². The molecule has 0 aliphatic carbocycles. The van der Waals surface area contributed by atoms with Crippen LogP contribution in [0.25, 0.3) is 0 Å². The Labute approximate surface area is 103 Å². The number of rotatable bonds is 5. The summed E-state index contributed by atoms with van der Waals surface area (Å²) in [5, 5.41) is 8.55. The van der Waals surface area contributed by atoms with Gasteiger partial charge in [0.25, 0.3) is 0 Å². The Morgan fingerprint density at radius 1 is 1.47 bits per heavy atom. The van der Waals surface area contributed by atoms with Crippen LogP contribution in [0.1, 0.15) is 18.4 Å². The highest BCUT2D eigenvalue weighted by molar-refractivity contribution is 14.1. The number of hydrogen-bond donors (Lipinski definition) is 2. The van der Waals surface area contributed by atoms with Crippen LogP contribution in [0.3, 0.4) is 0 Å². The van der Waals surface area contributed by atoms with Crippen LogP contribution in [-0.2, 0) is 11.2 Å². The van der Waals surface area contributed by atoms with E-state index in [1.807, 2.05) is 18.2 Å². The zero-order chi connectivity index (χ0) is 11.3. The van der Waals surface area contributed by atoms with Crippen LogP contribution in [0.5, 0.6) is 0 Å². The predicted octanol–water partition coefficient (Wildman–Crippen LogP) is 2.03. The first kappa shape index (κ1) is 12.4. The van der Waals surface area contributed by atoms with Gasteiger partial charge in [0.15, 0.2) is 0 Å². The van der Waals surface area contributed by atoms with Crippen LogP contribution in [0.4, 0.5) is 0 Å². The van der Waals surface area contributed by atoms with Gasteiger partial charge in [0.05, 0.1) is 6.42 Å². The lowest BCUT2D eigenvalue weighted by molar-refractivity contribution is -0.137. The van der Waals surface area contributed by atoms with Crippen LogP contribution >= 0.6 is 22.6 Å². The molecule has 15 heavy (non-hydrogen) atoms. The van der Waals surface area contributed by atoms with E-state index in [0.717, 1.165) is 6.42 Å². The van der Waals surface area contributed by atoms with E-state index in [-0.39, 0.29) is 12.5 Å². The van der Waals surface area contributed by atoms with E-state index in [1.54, 1.807) is 0 Å². The first-order chi connectivity index (χ1) is 7.09. The normalized spacial score (nSPS) is 12.4. The van der Waals surface area contributed by atoms with E-state index < -0.39 is 5.97 Å². The van der Waals surface area contributed by atoms with E-state index in [4.69, 9.17) is 10.8 Å². The van der Waals surface area contributed by atoms with Crippen molar-refractivity contribution < 1.29 is 9.90 Å². The molecule has 0 aliphatic rings. The lowest BCUT2D eigenvalue weighted by Gasteiger charge is -2.09. The molecule has 1 aromatic rings. The van der Waals surface area contributed by atoms with Gasteiger partial charge in [-0.1, -0.05) is 18.2 Å². The second-order valence-electron chi connectivity index (χ2n) is 3.49. The van der Waals surface area contributed by atoms with E-state index in [2.05, 4.69) is 28.7 Å². The van der Waals surface area contributed by atoms with Crippen LogP contribution in [0.2, 0.25) is 0 Å².